The van der Waals surface area contributed by atoms with Gasteiger partial charge in [-0.1, -0.05) is 61.0 Å². The van der Waals surface area contributed by atoms with E-state index in [0.717, 1.165) is 19.4 Å². The molecule has 0 radical (unpaired) electrons. The van der Waals surface area contributed by atoms with Crippen molar-refractivity contribution < 1.29 is 0 Å². The van der Waals surface area contributed by atoms with E-state index in [9.17, 15) is 0 Å². The zero-order valence-electron chi connectivity index (χ0n) is 13.5. The van der Waals surface area contributed by atoms with Gasteiger partial charge in [0, 0.05) is 6.04 Å². The average Bonchev–Trinajstić information content (AvgIpc) is 2.49. The molecule has 2 aromatic carbocycles. The Labute approximate surface area is 129 Å². The Kier molecular flexibility index (Phi) is 6.01. The highest BCUT2D eigenvalue weighted by molar-refractivity contribution is 5.31. The van der Waals surface area contributed by atoms with Crippen molar-refractivity contribution in [1.29, 1.82) is 0 Å². The van der Waals surface area contributed by atoms with E-state index in [-0.39, 0.29) is 0 Å². The minimum absolute atomic E-state index is 0.507. The first-order valence-electron chi connectivity index (χ1n) is 8.02. The Morgan fingerprint density at radius 1 is 0.952 bits per heavy atom. The number of benzene rings is 2. The third-order valence-corrected chi connectivity index (χ3v) is 3.98. The molecule has 1 N–H and O–H groups in total. The molecule has 1 heteroatoms. The smallest absolute Gasteiger partial charge is 0.0148 e. The van der Waals surface area contributed by atoms with Gasteiger partial charge in [-0.2, -0.15) is 0 Å². The summed E-state index contributed by atoms with van der Waals surface area (Å²) in [5.74, 6) is 0. The Balaban J connectivity index is 2.10. The molecule has 0 aromatic heterocycles. The lowest BCUT2D eigenvalue weighted by Crippen LogP contribution is -2.34. The molecule has 112 valence electrons. The second kappa shape index (κ2) is 7.99. The van der Waals surface area contributed by atoms with Crippen LogP contribution in [-0.2, 0) is 12.8 Å². The van der Waals surface area contributed by atoms with E-state index in [1.165, 1.54) is 28.7 Å². The van der Waals surface area contributed by atoms with Crippen molar-refractivity contribution in [2.45, 2.75) is 46.1 Å². The summed E-state index contributed by atoms with van der Waals surface area (Å²) in [5, 5.41) is 3.71. The molecule has 21 heavy (non-hydrogen) atoms. The molecule has 0 saturated carbocycles. The fraction of sp³-hybridized carbons (Fsp3) is 0.400. The van der Waals surface area contributed by atoms with Gasteiger partial charge in [-0.05, 0) is 56.3 Å². The summed E-state index contributed by atoms with van der Waals surface area (Å²) in [7, 11) is 0. The van der Waals surface area contributed by atoms with Gasteiger partial charge >= 0.3 is 0 Å². The van der Waals surface area contributed by atoms with Crippen molar-refractivity contribution >= 4 is 0 Å². The Morgan fingerprint density at radius 2 is 1.71 bits per heavy atom. The minimum atomic E-state index is 0.507. The van der Waals surface area contributed by atoms with Crippen molar-refractivity contribution in [2.75, 3.05) is 6.54 Å². The molecule has 0 aliphatic carbocycles. The molecule has 0 fully saturated rings. The van der Waals surface area contributed by atoms with Crippen LogP contribution in [0.3, 0.4) is 0 Å². The summed E-state index contributed by atoms with van der Waals surface area (Å²) in [4.78, 5) is 0. The maximum atomic E-state index is 3.71. The molecular weight excluding hydrogens is 254 g/mol. The van der Waals surface area contributed by atoms with Gasteiger partial charge in [0.25, 0.3) is 0 Å². The van der Waals surface area contributed by atoms with Gasteiger partial charge in [0.1, 0.15) is 0 Å². The van der Waals surface area contributed by atoms with E-state index in [4.69, 9.17) is 0 Å². The molecule has 0 aliphatic heterocycles. The molecule has 2 rings (SSSR count). The molecule has 0 aliphatic rings. The van der Waals surface area contributed by atoms with E-state index < -0.39 is 0 Å². The second-order valence-corrected chi connectivity index (χ2v) is 5.97. The first kappa shape index (κ1) is 15.8. The molecule has 1 nitrogen and oxygen atoms in total. The van der Waals surface area contributed by atoms with Crippen LogP contribution in [0.1, 0.15) is 35.6 Å². The quantitative estimate of drug-likeness (QED) is 0.790. The van der Waals surface area contributed by atoms with Crippen molar-refractivity contribution in [3.63, 3.8) is 0 Å². The first-order chi connectivity index (χ1) is 10.2. The van der Waals surface area contributed by atoms with Crippen molar-refractivity contribution in [1.82, 2.24) is 5.32 Å². The van der Waals surface area contributed by atoms with E-state index >= 15 is 0 Å². The third-order valence-electron chi connectivity index (χ3n) is 3.98. The van der Waals surface area contributed by atoms with Gasteiger partial charge in [0.2, 0.25) is 0 Å². The number of aryl methyl sites for hydroxylation is 2. The summed E-state index contributed by atoms with van der Waals surface area (Å²) in [6.45, 7) is 7.70. The predicted octanol–water partition coefficient (Wildman–Crippen LogP) is 4.46. The molecule has 0 spiro atoms. The summed E-state index contributed by atoms with van der Waals surface area (Å²) in [5.41, 5.74) is 5.64. The van der Waals surface area contributed by atoms with Crippen molar-refractivity contribution in [3.8, 4) is 0 Å². The van der Waals surface area contributed by atoms with Gasteiger partial charge in [0.15, 0.2) is 0 Å². The van der Waals surface area contributed by atoms with E-state index in [2.05, 4.69) is 74.6 Å². The molecule has 2 aromatic rings. The largest absolute Gasteiger partial charge is 0.313 e. The summed E-state index contributed by atoms with van der Waals surface area (Å²) >= 11 is 0. The average molecular weight is 281 g/mol. The van der Waals surface area contributed by atoms with E-state index in [0.29, 0.717) is 6.04 Å². The molecule has 0 heterocycles. The molecule has 1 unspecified atom stereocenters. The highest BCUT2D eigenvalue weighted by Gasteiger charge is 2.11. The SMILES string of the molecule is CCCNC(Cc1ccccc1)Cc1cc(C)ccc1C. The molecule has 0 saturated heterocycles. The van der Waals surface area contributed by atoms with Crippen LogP contribution in [0.5, 0.6) is 0 Å². The topological polar surface area (TPSA) is 12.0 Å². The van der Waals surface area contributed by atoms with Gasteiger partial charge in [-0.3, -0.25) is 0 Å². The summed E-state index contributed by atoms with van der Waals surface area (Å²) in [6, 6.07) is 18.1. The summed E-state index contributed by atoms with van der Waals surface area (Å²) in [6.07, 6.45) is 3.37. The maximum absolute atomic E-state index is 3.71. The number of rotatable bonds is 7. The fourth-order valence-corrected chi connectivity index (χ4v) is 2.75. The zero-order chi connectivity index (χ0) is 15.1. The molecule has 0 amide bonds. The van der Waals surface area contributed by atoms with Gasteiger partial charge in [-0.25, -0.2) is 0 Å². The normalized spacial score (nSPS) is 12.3. The highest BCUT2D eigenvalue weighted by atomic mass is 14.9. The fourth-order valence-electron chi connectivity index (χ4n) is 2.75. The van der Waals surface area contributed by atoms with Crippen LogP contribution in [0, 0.1) is 13.8 Å². The lowest BCUT2D eigenvalue weighted by atomic mass is 9.95. The Morgan fingerprint density at radius 3 is 2.43 bits per heavy atom. The molecule has 1 atom stereocenters. The van der Waals surface area contributed by atoms with Crippen LogP contribution >= 0.6 is 0 Å². The maximum Gasteiger partial charge on any atom is 0.0148 e. The highest BCUT2D eigenvalue weighted by Crippen LogP contribution is 2.15. The third kappa shape index (κ3) is 5.02. The standard InChI is InChI=1S/C20H27N/c1-4-12-21-20(14-18-8-6-5-7-9-18)15-19-13-16(2)10-11-17(19)3/h5-11,13,20-21H,4,12,14-15H2,1-3H3. The van der Waals surface area contributed by atoms with Crippen LogP contribution in [0.25, 0.3) is 0 Å². The molecule has 0 bridgehead atoms. The van der Waals surface area contributed by atoms with Crippen LogP contribution in [0.4, 0.5) is 0 Å². The van der Waals surface area contributed by atoms with Crippen molar-refractivity contribution in [2.24, 2.45) is 0 Å². The molecular formula is C20H27N. The summed E-state index contributed by atoms with van der Waals surface area (Å²) < 4.78 is 0. The lowest BCUT2D eigenvalue weighted by molar-refractivity contribution is 0.504. The van der Waals surface area contributed by atoms with Crippen molar-refractivity contribution in [3.05, 3.63) is 70.8 Å². The van der Waals surface area contributed by atoms with Gasteiger partial charge in [0.05, 0.1) is 0 Å². The number of nitrogens with one attached hydrogen (secondary N) is 1. The second-order valence-electron chi connectivity index (χ2n) is 5.97. The Bertz CT molecular complexity index is 545. The first-order valence-corrected chi connectivity index (χ1v) is 8.02. The minimum Gasteiger partial charge on any atom is -0.313 e. The van der Waals surface area contributed by atoms with Crippen LogP contribution in [0.2, 0.25) is 0 Å². The van der Waals surface area contributed by atoms with E-state index in [1.54, 1.807) is 0 Å². The van der Waals surface area contributed by atoms with Gasteiger partial charge < -0.3 is 5.32 Å². The number of hydrogen-bond acceptors (Lipinski definition) is 1. The Hall–Kier alpha value is -1.60. The monoisotopic (exact) mass is 281 g/mol. The van der Waals surface area contributed by atoms with Crippen LogP contribution in [0.15, 0.2) is 48.5 Å². The van der Waals surface area contributed by atoms with E-state index in [1.807, 2.05) is 0 Å². The zero-order valence-corrected chi connectivity index (χ0v) is 13.5. The van der Waals surface area contributed by atoms with Gasteiger partial charge in [-0.15, -0.1) is 0 Å². The number of hydrogen-bond donors (Lipinski definition) is 1. The lowest BCUT2D eigenvalue weighted by Gasteiger charge is -2.20. The van der Waals surface area contributed by atoms with Crippen LogP contribution in [-0.4, -0.2) is 12.6 Å². The predicted molar refractivity (Wildman–Crippen MR) is 91.8 cm³/mol. The van der Waals surface area contributed by atoms with Crippen LogP contribution < -0.4 is 5.32 Å².